The van der Waals surface area contributed by atoms with E-state index in [0.717, 1.165) is 27.8 Å². The van der Waals surface area contributed by atoms with Crippen LogP contribution in [0.1, 0.15) is 24.2 Å². The molecule has 3 rings (SSSR count). The first-order chi connectivity index (χ1) is 11.7. The van der Waals surface area contributed by atoms with Gasteiger partial charge in [-0.05, 0) is 47.5 Å². The Bertz CT molecular complexity index is 824. The summed E-state index contributed by atoms with van der Waals surface area (Å²) >= 11 is 0. The van der Waals surface area contributed by atoms with Crippen LogP contribution in [-0.4, -0.2) is 19.6 Å². The van der Waals surface area contributed by atoms with Crippen LogP contribution in [0.5, 0.6) is 5.75 Å². The number of hydrogen-bond donors (Lipinski definition) is 1. The fourth-order valence-corrected chi connectivity index (χ4v) is 2.71. The maximum atomic E-state index is 12.3. The Morgan fingerprint density at radius 2 is 1.96 bits per heavy atom. The van der Waals surface area contributed by atoms with Gasteiger partial charge in [0, 0.05) is 13.0 Å². The summed E-state index contributed by atoms with van der Waals surface area (Å²) < 4.78 is 10.5. The summed E-state index contributed by atoms with van der Waals surface area (Å²) in [7, 11) is 1.66. The van der Waals surface area contributed by atoms with Crippen molar-refractivity contribution in [3.8, 4) is 5.75 Å². The molecule has 1 atom stereocenters. The zero-order valence-corrected chi connectivity index (χ0v) is 13.9. The number of benzene rings is 2. The van der Waals surface area contributed by atoms with Crippen LogP contribution in [0.3, 0.4) is 0 Å². The molecule has 24 heavy (non-hydrogen) atoms. The number of carbonyl (C=O) groups is 1. The maximum Gasteiger partial charge on any atom is 0.227 e. The van der Waals surface area contributed by atoms with Crippen LogP contribution >= 0.6 is 0 Å². The Morgan fingerprint density at radius 1 is 1.17 bits per heavy atom. The molecule has 4 nitrogen and oxygen atoms in total. The SMILES string of the molecule is COc1ccc2cc([C@H](C)C(=O)NCCc3ccco3)ccc2c1. The summed E-state index contributed by atoms with van der Waals surface area (Å²) in [5.74, 6) is 1.53. The predicted molar refractivity (Wildman–Crippen MR) is 94.3 cm³/mol. The molecule has 4 heteroatoms. The van der Waals surface area contributed by atoms with Crippen molar-refractivity contribution in [1.82, 2.24) is 5.32 Å². The molecule has 1 amide bonds. The van der Waals surface area contributed by atoms with Crippen molar-refractivity contribution in [2.45, 2.75) is 19.3 Å². The quantitative estimate of drug-likeness (QED) is 0.748. The highest BCUT2D eigenvalue weighted by atomic mass is 16.5. The molecule has 0 bridgehead atoms. The predicted octanol–water partition coefficient (Wildman–Crippen LogP) is 3.90. The Balaban J connectivity index is 1.66. The summed E-state index contributed by atoms with van der Waals surface area (Å²) in [5.41, 5.74) is 1.00. The van der Waals surface area contributed by atoms with E-state index in [4.69, 9.17) is 9.15 Å². The highest BCUT2D eigenvalue weighted by Crippen LogP contribution is 2.25. The molecule has 0 aliphatic rings. The van der Waals surface area contributed by atoms with Gasteiger partial charge in [0.1, 0.15) is 11.5 Å². The van der Waals surface area contributed by atoms with E-state index in [9.17, 15) is 4.79 Å². The van der Waals surface area contributed by atoms with Crippen molar-refractivity contribution >= 4 is 16.7 Å². The standard InChI is InChI=1S/C20H21NO3/c1-14(20(22)21-10-9-18-4-3-11-24-18)15-5-6-17-13-19(23-2)8-7-16(17)12-15/h3-8,11-14H,9-10H2,1-2H3,(H,21,22)/t14-/m0/s1. The Hall–Kier alpha value is -2.75. The minimum atomic E-state index is -0.201. The third kappa shape index (κ3) is 3.59. The van der Waals surface area contributed by atoms with Gasteiger partial charge in [-0.25, -0.2) is 0 Å². The second-order valence-corrected chi connectivity index (χ2v) is 5.81. The number of amides is 1. The van der Waals surface area contributed by atoms with Gasteiger partial charge >= 0.3 is 0 Å². The van der Waals surface area contributed by atoms with Gasteiger partial charge in [-0.2, -0.15) is 0 Å². The van der Waals surface area contributed by atoms with Crippen LogP contribution in [0.25, 0.3) is 10.8 Å². The summed E-state index contributed by atoms with van der Waals surface area (Å²) in [4.78, 5) is 12.3. The molecule has 1 aromatic heterocycles. The highest BCUT2D eigenvalue weighted by molar-refractivity contribution is 5.88. The molecule has 3 aromatic rings. The van der Waals surface area contributed by atoms with Crippen LogP contribution in [0.4, 0.5) is 0 Å². The minimum absolute atomic E-state index is 0.0226. The van der Waals surface area contributed by atoms with Crippen molar-refractivity contribution in [3.63, 3.8) is 0 Å². The number of fused-ring (bicyclic) bond motifs is 1. The number of ether oxygens (including phenoxy) is 1. The molecule has 0 unspecified atom stereocenters. The third-order valence-electron chi connectivity index (χ3n) is 4.22. The number of rotatable bonds is 6. The number of furan rings is 1. The van der Waals surface area contributed by atoms with E-state index in [1.807, 2.05) is 49.4 Å². The lowest BCUT2D eigenvalue weighted by atomic mass is 9.97. The van der Waals surface area contributed by atoms with Gasteiger partial charge in [-0.1, -0.05) is 24.3 Å². The first-order valence-electron chi connectivity index (χ1n) is 8.05. The number of nitrogens with one attached hydrogen (secondary N) is 1. The van der Waals surface area contributed by atoms with Crippen LogP contribution in [0.2, 0.25) is 0 Å². The number of carbonyl (C=O) groups excluding carboxylic acids is 1. The average molecular weight is 323 g/mol. The largest absolute Gasteiger partial charge is 0.497 e. The minimum Gasteiger partial charge on any atom is -0.497 e. The topological polar surface area (TPSA) is 51.5 Å². The second kappa shape index (κ2) is 7.21. The third-order valence-corrected chi connectivity index (χ3v) is 4.22. The molecule has 0 aliphatic heterocycles. The fourth-order valence-electron chi connectivity index (χ4n) is 2.71. The van der Waals surface area contributed by atoms with Crippen LogP contribution in [-0.2, 0) is 11.2 Å². The first-order valence-corrected chi connectivity index (χ1v) is 8.05. The Labute approximate surface area is 141 Å². The molecule has 0 radical (unpaired) electrons. The first kappa shape index (κ1) is 16.1. The fraction of sp³-hybridized carbons (Fsp3) is 0.250. The van der Waals surface area contributed by atoms with Crippen molar-refractivity contribution < 1.29 is 13.9 Å². The van der Waals surface area contributed by atoms with Gasteiger partial charge < -0.3 is 14.5 Å². The van der Waals surface area contributed by atoms with E-state index in [0.29, 0.717) is 13.0 Å². The zero-order valence-electron chi connectivity index (χ0n) is 13.9. The lowest BCUT2D eigenvalue weighted by molar-refractivity contribution is -0.122. The molecule has 0 aliphatic carbocycles. The van der Waals surface area contributed by atoms with Crippen LogP contribution in [0, 0.1) is 0 Å². The monoisotopic (exact) mass is 323 g/mol. The molecular formula is C20H21NO3. The van der Waals surface area contributed by atoms with Gasteiger partial charge in [0.05, 0.1) is 19.3 Å². The molecule has 0 fully saturated rings. The van der Waals surface area contributed by atoms with E-state index in [1.165, 1.54) is 0 Å². The highest BCUT2D eigenvalue weighted by Gasteiger charge is 2.15. The number of methoxy groups -OCH3 is 1. The number of hydrogen-bond acceptors (Lipinski definition) is 3. The van der Waals surface area contributed by atoms with Crippen molar-refractivity contribution in [3.05, 3.63) is 66.1 Å². The lowest BCUT2D eigenvalue weighted by Crippen LogP contribution is -2.29. The van der Waals surface area contributed by atoms with Gasteiger partial charge in [0.2, 0.25) is 5.91 Å². The molecule has 1 N–H and O–H groups in total. The Kier molecular flexibility index (Phi) is 4.85. The molecule has 0 saturated heterocycles. The van der Waals surface area contributed by atoms with Gasteiger partial charge in [-0.3, -0.25) is 4.79 Å². The van der Waals surface area contributed by atoms with Gasteiger partial charge in [0.25, 0.3) is 0 Å². The summed E-state index contributed by atoms with van der Waals surface area (Å²) in [5, 5.41) is 5.17. The van der Waals surface area contributed by atoms with Gasteiger partial charge in [0.15, 0.2) is 0 Å². The van der Waals surface area contributed by atoms with E-state index < -0.39 is 0 Å². The normalized spacial score (nSPS) is 12.1. The van der Waals surface area contributed by atoms with E-state index in [2.05, 4.69) is 11.4 Å². The molecule has 1 heterocycles. The average Bonchev–Trinajstić information content (AvgIpc) is 3.13. The maximum absolute atomic E-state index is 12.3. The summed E-state index contributed by atoms with van der Waals surface area (Å²) in [6.07, 6.45) is 2.34. The molecule has 2 aromatic carbocycles. The van der Waals surface area contributed by atoms with Crippen LogP contribution in [0.15, 0.2) is 59.2 Å². The second-order valence-electron chi connectivity index (χ2n) is 5.81. The van der Waals surface area contributed by atoms with E-state index in [1.54, 1.807) is 13.4 Å². The van der Waals surface area contributed by atoms with E-state index >= 15 is 0 Å². The molecule has 124 valence electrons. The van der Waals surface area contributed by atoms with E-state index in [-0.39, 0.29) is 11.8 Å². The zero-order chi connectivity index (χ0) is 16.9. The van der Waals surface area contributed by atoms with Crippen LogP contribution < -0.4 is 10.1 Å². The molecule has 0 spiro atoms. The van der Waals surface area contributed by atoms with Crippen molar-refractivity contribution in [2.75, 3.05) is 13.7 Å². The molecular weight excluding hydrogens is 302 g/mol. The smallest absolute Gasteiger partial charge is 0.227 e. The molecule has 0 saturated carbocycles. The lowest BCUT2D eigenvalue weighted by Gasteiger charge is -2.13. The summed E-state index contributed by atoms with van der Waals surface area (Å²) in [6.45, 7) is 2.49. The van der Waals surface area contributed by atoms with Crippen molar-refractivity contribution in [2.24, 2.45) is 0 Å². The van der Waals surface area contributed by atoms with Crippen molar-refractivity contribution in [1.29, 1.82) is 0 Å². The Morgan fingerprint density at radius 3 is 2.71 bits per heavy atom. The van der Waals surface area contributed by atoms with Gasteiger partial charge in [-0.15, -0.1) is 0 Å². The summed E-state index contributed by atoms with van der Waals surface area (Å²) in [6, 6.07) is 15.8.